The molecule has 0 aliphatic carbocycles. The molecule has 0 unspecified atom stereocenters. The fraction of sp³-hybridized carbons (Fsp3) is 0.182. The predicted octanol–water partition coefficient (Wildman–Crippen LogP) is 2.50. The van der Waals surface area contributed by atoms with Crippen LogP contribution in [0.15, 0.2) is 34.9 Å². The van der Waals surface area contributed by atoms with Crippen LogP contribution >= 0.6 is 15.9 Å². The molecule has 1 heterocycles. The minimum Gasteiger partial charge on any atom is -0.330 e. The summed E-state index contributed by atoms with van der Waals surface area (Å²) in [5, 5.41) is 1.20. The minimum absolute atomic E-state index is 0.676. The van der Waals surface area contributed by atoms with Crippen LogP contribution in [0.25, 0.3) is 10.9 Å². The van der Waals surface area contributed by atoms with Gasteiger partial charge < -0.3 is 5.73 Å². The summed E-state index contributed by atoms with van der Waals surface area (Å²) in [4.78, 5) is 4.31. The average molecular weight is 251 g/mol. The van der Waals surface area contributed by atoms with Gasteiger partial charge in [-0.15, -0.1) is 0 Å². The minimum atomic E-state index is 0.676. The Kier molecular flexibility index (Phi) is 2.79. The third-order valence-corrected chi connectivity index (χ3v) is 2.70. The van der Waals surface area contributed by atoms with Gasteiger partial charge in [0, 0.05) is 16.1 Å². The highest BCUT2D eigenvalue weighted by atomic mass is 79.9. The van der Waals surface area contributed by atoms with Crippen LogP contribution in [-0.2, 0) is 6.42 Å². The molecule has 0 saturated carbocycles. The first kappa shape index (κ1) is 9.62. The highest BCUT2D eigenvalue weighted by Gasteiger charge is 2.00. The maximum atomic E-state index is 5.55. The summed E-state index contributed by atoms with van der Waals surface area (Å²) in [5.74, 6) is 0. The second-order valence-corrected chi connectivity index (χ2v) is 4.09. The molecule has 3 heteroatoms. The molecule has 2 aromatic rings. The Morgan fingerprint density at radius 3 is 2.93 bits per heavy atom. The number of nitrogens with two attached hydrogens (primary N) is 1. The molecule has 0 saturated heterocycles. The third kappa shape index (κ3) is 1.79. The van der Waals surface area contributed by atoms with Crippen molar-refractivity contribution in [3.63, 3.8) is 0 Å². The van der Waals surface area contributed by atoms with Crippen molar-refractivity contribution in [3.8, 4) is 0 Å². The van der Waals surface area contributed by atoms with E-state index in [-0.39, 0.29) is 0 Å². The number of nitrogens with zero attached hydrogens (tertiary/aromatic N) is 1. The lowest BCUT2D eigenvalue weighted by Crippen LogP contribution is -2.03. The van der Waals surface area contributed by atoms with E-state index in [1.807, 2.05) is 24.4 Å². The molecular weight excluding hydrogens is 240 g/mol. The largest absolute Gasteiger partial charge is 0.330 e. The lowest BCUT2D eigenvalue weighted by atomic mass is 10.1. The molecule has 0 aliphatic rings. The Bertz CT molecular complexity index is 454. The quantitative estimate of drug-likeness (QED) is 0.890. The Balaban J connectivity index is 2.62. The number of fused-ring (bicyclic) bond motifs is 1. The summed E-state index contributed by atoms with van der Waals surface area (Å²) >= 11 is 3.43. The van der Waals surface area contributed by atoms with E-state index in [2.05, 4.69) is 27.0 Å². The van der Waals surface area contributed by atoms with Crippen LogP contribution in [0, 0.1) is 0 Å². The fourth-order valence-electron chi connectivity index (χ4n) is 1.55. The molecule has 0 radical (unpaired) electrons. The maximum Gasteiger partial charge on any atom is 0.0715 e. The van der Waals surface area contributed by atoms with E-state index in [4.69, 9.17) is 5.73 Å². The van der Waals surface area contributed by atoms with Gasteiger partial charge in [0.05, 0.1) is 5.52 Å². The number of hydrogen-bond acceptors (Lipinski definition) is 2. The number of rotatable bonds is 2. The van der Waals surface area contributed by atoms with Crippen LogP contribution in [0.2, 0.25) is 0 Å². The normalized spacial score (nSPS) is 10.7. The molecular formula is C11H11BrN2. The van der Waals surface area contributed by atoms with E-state index in [0.717, 1.165) is 16.4 Å². The van der Waals surface area contributed by atoms with Crippen LogP contribution in [0.5, 0.6) is 0 Å². The number of hydrogen-bond donors (Lipinski definition) is 1. The molecule has 72 valence electrons. The molecule has 0 atom stereocenters. The van der Waals surface area contributed by atoms with Crippen LogP contribution in [-0.4, -0.2) is 11.5 Å². The molecule has 2 nitrogen and oxygen atoms in total. The highest BCUT2D eigenvalue weighted by Crippen LogP contribution is 2.21. The summed E-state index contributed by atoms with van der Waals surface area (Å²) in [5.41, 5.74) is 7.84. The van der Waals surface area contributed by atoms with Crippen LogP contribution in [0.3, 0.4) is 0 Å². The Morgan fingerprint density at radius 1 is 1.29 bits per heavy atom. The molecule has 0 bridgehead atoms. The van der Waals surface area contributed by atoms with Gasteiger partial charge in [-0.25, -0.2) is 0 Å². The van der Waals surface area contributed by atoms with Crippen molar-refractivity contribution in [1.82, 2.24) is 4.98 Å². The summed E-state index contributed by atoms with van der Waals surface area (Å²) in [7, 11) is 0. The number of benzene rings is 1. The summed E-state index contributed by atoms with van der Waals surface area (Å²) in [6, 6.07) is 8.17. The zero-order chi connectivity index (χ0) is 9.97. The van der Waals surface area contributed by atoms with E-state index < -0.39 is 0 Å². The van der Waals surface area contributed by atoms with Gasteiger partial charge in [-0.2, -0.15) is 0 Å². The van der Waals surface area contributed by atoms with Crippen molar-refractivity contribution in [2.45, 2.75) is 6.42 Å². The monoisotopic (exact) mass is 250 g/mol. The second-order valence-electron chi connectivity index (χ2n) is 3.17. The lowest BCUT2D eigenvalue weighted by Gasteiger charge is -2.04. The number of aromatic nitrogens is 1. The smallest absolute Gasteiger partial charge is 0.0715 e. The highest BCUT2D eigenvalue weighted by molar-refractivity contribution is 9.10. The fourth-order valence-corrected chi connectivity index (χ4v) is 1.90. The summed E-state index contributed by atoms with van der Waals surface area (Å²) in [6.45, 7) is 0.676. The second kappa shape index (κ2) is 4.07. The van der Waals surface area contributed by atoms with E-state index in [0.29, 0.717) is 6.54 Å². The number of halogens is 1. The van der Waals surface area contributed by atoms with Crippen molar-refractivity contribution in [2.24, 2.45) is 5.73 Å². The van der Waals surface area contributed by atoms with Crippen molar-refractivity contribution in [3.05, 3.63) is 40.5 Å². The maximum absolute atomic E-state index is 5.55. The molecule has 1 aromatic carbocycles. The van der Waals surface area contributed by atoms with E-state index in [1.54, 1.807) is 0 Å². The van der Waals surface area contributed by atoms with Crippen LogP contribution in [0.1, 0.15) is 5.56 Å². The van der Waals surface area contributed by atoms with Gasteiger partial charge in [-0.1, -0.05) is 22.0 Å². The standard InChI is InChI=1S/C11H11BrN2/c12-9-1-2-10-8(3-5-13)4-6-14-11(10)7-9/h1-2,4,6-7H,3,5,13H2. The topological polar surface area (TPSA) is 38.9 Å². The van der Waals surface area contributed by atoms with Gasteiger partial charge >= 0.3 is 0 Å². The number of pyridine rings is 1. The van der Waals surface area contributed by atoms with Crippen LogP contribution < -0.4 is 5.73 Å². The van der Waals surface area contributed by atoms with Crippen molar-refractivity contribution < 1.29 is 0 Å². The molecule has 0 amide bonds. The van der Waals surface area contributed by atoms with Gasteiger partial charge in [-0.3, -0.25) is 4.98 Å². The molecule has 0 fully saturated rings. The third-order valence-electron chi connectivity index (χ3n) is 2.21. The van der Waals surface area contributed by atoms with Gasteiger partial charge in [0.1, 0.15) is 0 Å². The first-order chi connectivity index (χ1) is 6.81. The van der Waals surface area contributed by atoms with Crippen molar-refractivity contribution in [1.29, 1.82) is 0 Å². The lowest BCUT2D eigenvalue weighted by molar-refractivity contribution is 0.975. The van der Waals surface area contributed by atoms with Gasteiger partial charge in [0.25, 0.3) is 0 Å². The predicted molar refractivity (Wildman–Crippen MR) is 62.2 cm³/mol. The Morgan fingerprint density at radius 2 is 2.14 bits per heavy atom. The first-order valence-electron chi connectivity index (χ1n) is 4.54. The Hall–Kier alpha value is -0.930. The van der Waals surface area contributed by atoms with E-state index >= 15 is 0 Å². The van der Waals surface area contributed by atoms with Gasteiger partial charge in [0.15, 0.2) is 0 Å². The Labute approximate surface area is 91.3 Å². The summed E-state index contributed by atoms with van der Waals surface area (Å²) < 4.78 is 1.06. The SMILES string of the molecule is NCCc1ccnc2cc(Br)ccc12. The molecule has 0 spiro atoms. The molecule has 1 aromatic heterocycles. The molecule has 0 aliphatic heterocycles. The van der Waals surface area contributed by atoms with Gasteiger partial charge in [0.2, 0.25) is 0 Å². The summed E-state index contributed by atoms with van der Waals surface area (Å²) in [6.07, 6.45) is 2.74. The zero-order valence-electron chi connectivity index (χ0n) is 7.70. The van der Waals surface area contributed by atoms with Crippen molar-refractivity contribution in [2.75, 3.05) is 6.54 Å². The molecule has 14 heavy (non-hydrogen) atoms. The zero-order valence-corrected chi connectivity index (χ0v) is 9.29. The van der Waals surface area contributed by atoms with Gasteiger partial charge in [-0.05, 0) is 36.7 Å². The van der Waals surface area contributed by atoms with E-state index in [9.17, 15) is 0 Å². The average Bonchev–Trinajstić information content (AvgIpc) is 2.18. The van der Waals surface area contributed by atoms with E-state index in [1.165, 1.54) is 10.9 Å². The first-order valence-corrected chi connectivity index (χ1v) is 5.34. The van der Waals surface area contributed by atoms with Crippen molar-refractivity contribution >= 4 is 26.8 Å². The molecule has 2 rings (SSSR count). The molecule has 2 N–H and O–H groups in total. The van der Waals surface area contributed by atoms with Crippen LogP contribution in [0.4, 0.5) is 0 Å².